The van der Waals surface area contributed by atoms with Crippen LogP contribution in [0.15, 0.2) is 4.42 Å². The monoisotopic (exact) mass is 265 g/mol. The summed E-state index contributed by atoms with van der Waals surface area (Å²) in [6, 6.07) is 0.576. The van der Waals surface area contributed by atoms with E-state index in [4.69, 9.17) is 4.42 Å². The van der Waals surface area contributed by atoms with E-state index in [1.54, 1.807) is 0 Å². The molecule has 0 spiro atoms. The topological polar surface area (TPSA) is 41.3 Å². The van der Waals surface area contributed by atoms with E-state index < -0.39 is 0 Å². The Bertz CT molecular complexity index is 381. The minimum atomic E-state index is 0.576. The lowest BCUT2D eigenvalue weighted by molar-refractivity contribution is 0.151. The van der Waals surface area contributed by atoms with E-state index in [0.717, 1.165) is 42.9 Å². The van der Waals surface area contributed by atoms with Crippen molar-refractivity contribution in [3.63, 3.8) is 0 Å². The zero-order valence-corrected chi connectivity index (χ0v) is 12.7. The predicted octanol–water partition coefficient (Wildman–Crippen LogP) is 2.50. The maximum atomic E-state index is 5.68. The minimum Gasteiger partial charge on any atom is -0.444 e. The van der Waals surface area contributed by atoms with Crippen molar-refractivity contribution in [1.82, 2.24) is 15.2 Å². The van der Waals surface area contributed by atoms with Crippen molar-refractivity contribution in [2.24, 2.45) is 5.92 Å². The number of hydrogen-bond donors (Lipinski definition) is 1. The Balaban J connectivity index is 1.83. The Morgan fingerprint density at radius 1 is 1.42 bits per heavy atom. The van der Waals surface area contributed by atoms with Crippen LogP contribution in [0.4, 0.5) is 0 Å². The molecule has 0 aliphatic carbocycles. The molecule has 1 aromatic heterocycles. The number of aryl methyl sites for hydroxylation is 2. The third kappa shape index (κ3) is 4.32. The maximum Gasteiger partial charge on any atom is 0.208 e. The van der Waals surface area contributed by atoms with Crippen LogP contribution >= 0.6 is 0 Å². The summed E-state index contributed by atoms with van der Waals surface area (Å²) in [5.41, 5.74) is 1.02. The van der Waals surface area contributed by atoms with Gasteiger partial charge in [-0.2, -0.15) is 0 Å². The Morgan fingerprint density at radius 2 is 2.21 bits per heavy atom. The molecular formula is C15H27N3O. The number of hydrogen-bond acceptors (Lipinski definition) is 4. The average Bonchev–Trinajstić information content (AvgIpc) is 2.66. The van der Waals surface area contributed by atoms with E-state index in [1.807, 2.05) is 13.8 Å². The number of oxazole rings is 1. The fraction of sp³-hybridized carbons (Fsp3) is 0.800. The number of rotatable bonds is 5. The van der Waals surface area contributed by atoms with Crippen molar-refractivity contribution >= 4 is 0 Å². The lowest BCUT2D eigenvalue weighted by Crippen LogP contribution is -2.40. The van der Waals surface area contributed by atoms with Crippen molar-refractivity contribution in [2.75, 3.05) is 19.6 Å². The van der Waals surface area contributed by atoms with Crippen molar-refractivity contribution < 1.29 is 4.42 Å². The molecule has 1 N–H and O–H groups in total. The first-order valence-electron chi connectivity index (χ1n) is 7.43. The van der Waals surface area contributed by atoms with Crippen LogP contribution in [0.25, 0.3) is 0 Å². The standard InChI is InChI=1S/C15H27N3O/c1-11(2)16-8-14-6-5-7-18(9-14)10-15-17-12(3)13(4)19-15/h11,14,16H,5-10H2,1-4H3. The first kappa shape index (κ1) is 14.5. The number of nitrogens with one attached hydrogen (secondary N) is 1. The van der Waals surface area contributed by atoms with Gasteiger partial charge in [0.25, 0.3) is 0 Å². The third-order valence-electron chi connectivity index (χ3n) is 3.85. The number of likely N-dealkylation sites (tertiary alicyclic amines) is 1. The normalized spacial score (nSPS) is 21.2. The predicted molar refractivity (Wildman–Crippen MR) is 77.1 cm³/mol. The van der Waals surface area contributed by atoms with Crippen LogP contribution in [0.2, 0.25) is 0 Å². The van der Waals surface area contributed by atoms with Crippen molar-refractivity contribution in [2.45, 2.75) is 53.1 Å². The molecule has 1 fully saturated rings. The van der Waals surface area contributed by atoms with Gasteiger partial charge in [0.2, 0.25) is 5.89 Å². The molecule has 19 heavy (non-hydrogen) atoms. The van der Waals surface area contributed by atoms with E-state index in [1.165, 1.54) is 19.4 Å². The fourth-order valence-corrected chi connectivity index (χ4v) is 2.66. The first-order valence-corrected chi connectivity index (χ1v) is 7.43. The third-order valence-corrected chi connectivity index (χ3v) is 3.85. The van der Waals surface area contributed by atoms with Crippen LogP contribution in [0, 0.1) is 19.8 Å². The molecule has 0 radical (unpaired) electrons. The molecule has 2 rings (SSSR count). The Kier molecular flexibility index (Phi) is 4.99. The van der Waals surface area contributed by atoms with Gasteiger partial charge in [-0.3, -0.25) is 4.90 Å². The molecule has 108 valence electrons. The largest absolute Gasteiger partial charge is 0.444 e. The molecule has 0 bridgehead atoms. The van der Waals surface area contributed by atoms with Crippen LogP contribution in [-0.4, -0.2) is 35.6 Å². The number of piperidine rings is 1. The highest BCUT2D eigenvalue weighted by Gasteiger charge is 2.21. The van der Waals surface area contributed by atoms with Gasteiger partial charge >= 0.3 is 0 Å². The molecule has 2 heterocycles. The van der Waals surface area contributed by atoms with Gasteiger partial charge in [-0.25, -0.2) is 4.98 Å². The summed E-state index contributed by atoms with van der Waals surface area (Å²) in [4.78, 5) is 6.95. The number of aromatic nitrogens is 1. The van der Waals surface area contributed by atoms with Crippen LogP contribution in [-0.2, 0) is 6.54 Å². The lowest BCUT2D eigenvalue weighted by atomic mass is 9.98. The van der Waals surface area contributed by atoms with Gasteiger partial charge in [0, 0.05) is 12.6 Å². The average molecular weight is 265 g/mol. The van der Waals surface area contributed by atoms with Gasteiger partial charge in [0.15, 0.2) is 0 Å². The van der Waals surface area contributed by atoms with Gasteiger partial charge in [0.1, 0.15) is 5.76 Å². The molecule has 1 aliphatic rings. The van der Waals surface area contributed by atoms with Crippen molar-refractivity contribution in [3.05, 3.63) is 17.3 Å². The number of nitrogens with zero attached hydrogens (tertiary/aromatic N) is 2. The zero-order valence-electron chi connectivity index (χ0n) is 12.7. The lowest BCUT2D eigenvalue weighted by Gasteiger charge is -2.32. The fourth-order valence-electron chi connectivity index (χ4n) is 2.66. The molecule has 4 nitrogen and oxygen atoms in total. The van der Waals surface area contributed by atoms with E-state index in [-0.39, 0.29) is 0 Å². The molecule has 1 aromatic rings. The Labute approximate surface area is 116 Å². The van der Waals surface area contributed by atoms with E-state index in [9.17, 15) is 0 Å². The smallest absolute Gasteiger partial charge is 0.208 e. The molecular weight excluding hydrogens is 238 g/mol. The van der Waals surface area contributed by atoms with Gasteiger partial charge < -0.3 is 9.73 Å². The SMILES string of the molecule is Cc1nc(CN2CCCC(CNC(C)C)C2)oc1C. The molecule has 1 saturated heterocycles. The van der Waals surface area contributed by atoms with Gasteiger partial charge in [0.05, 0.1) is 12.2 Å². The maximum absolute atomic E-state index is 5.68. The van der Waals surface area contributed by atoms with Crippen molar-refractivity contribution in [3.8, 4) is 0 Å². The molecule has 0 amide bonds. The highest BCUT2D eigenvalue weighted by molar-refractivity contribution is 5.05. The van der Waals surface area contributed by atoms with Crippen LogP contribution in [0.5, 0.6) is 0 Å². The molecule has 1 aliphatic heterocycles. The van der Waals surface area contributed by atoms with Crippen LogP contribution < -0.4 is 5.32 Å². The minimum absolute atomic E-state index is 0.576. The molecule has 0 aromatic carbocycles. The first-order chi connectivity index (χ1) is 9.04. The second-order valence-corrected chi connectivity index (χ2v) is 6.06. The Morgan fingerprint density at radius 3 is 2.84 bits per heavy atom. The summed E-state index contributed by atoms with van der Waals surface area (Å²) < 4.78 is 5.68. The quantitative estimate of drug-likeness (QED) is 0.888. The molecule has 1 atom stereocenters. The van der Waals surface area contributed by atoms with E-state index in [0.29, 0.717) is 6.04 Å². The van der Waals surface area contributed by atoms with Gasteiger partial charge in [-0.05, 0) is 45.7 Å². The second-order valence-electron chi connectivity index (χ2n) is 6.06. The van der Waals surface area contributed by atoms with Gasteiger partial charge in [-0.1, -0.05) is 13.8 Å². The molecule has 4 heteroatoms. The summed E-state index contributed by atoms with van der Waals surface area (Å²) >= 11 is 0. The zero-order chi connectivity index (χ0) is 13.8. The molecule has 0 saturated carbocycles. The van der Waals surface area contributed by atoms with E-state index in [2.05, 4.69) is 29.0 Å². The van der Waals surface area contributed by atoms with E-state index >= 15 is 0 Å². The highest BCUT2D eigenvalue weighted by atomic mass is 16.4. The van der Waals surface area contributed by atoms with Crippen molar-refractivity contribution in [1.29, 1.82) is 0 Å². The van der Waals surface area contributed by atoms with Crippen LogP contribution in [0.1, 0.15) is 44.0 Å². The summed E-state index contributed by atoms with van der Waals surface area (Å²) in [7, 11) is 0. The summed E-state index contributed by atoms with van der Waals surface area (Å²) in [5.74, 6) is 2.57. The molecule has 1 unspecified atom stereocenters. The highest BCUT2D eigenvalue weighted by Crippen LogP contribution is 2.19. The summed E-state index contributed by atoms with van der Waals surface area (Å²) in [6.45, 7) is 12.7. The second kappa shape index (κ2) is 6.53. The summed E-state index contributed by atoms with van der Waals surface area (Å²) in [6.07, 6.45) is 2.61. The van der Waals surface area contributed by atoms with Gasteiger partial charge in [-0.15, -0.1) is 0 Å². The Hall–Kier alpha value is -0.870. The van der Waals surface area contributed by atoms with Crippen LogP contribution in [0.3, 0.4) is 0 Å². The summed E-state index contributed by atoms with van der Waals surface area (Å²) in [5, 5.41) is 3.55.